The molecule has 0 atom stereocenters. The third kappa shape index (κ3) is 2.94. The molecule has 3 nitrogen and oxygen atoms in total. The lowest BCUT2D eigenvalue weighted by atomic mass is 9.58. The van der Waals surface area contributed by atoms with Gasteiger partial charge < -0.3 is 9.88 Å². The lowest BCUT2D eigenvalue weighted by Crippen LogP contribution is -2.60. The number of alkyl halides is 3. The molecule has 1 aliphatic carbocycles. The summed E-state index contributed by atoms with van der Waals surface area (Å²) in [6.07, 6.45) is 0.305. The third-order valence-corrected chi connectivity index (χ3v) is 3.84. The van der Waals surface area contributed by atoms with E-state index >= 15 is 0 Å². The van der Waals surface area contributed by atoms with Crippen molar-refractivity contribution in [2.45, 2.75) is 39.4 Å². The Kier molecular flexibility index (Phi) is 3.90. The van der Waals surface area contributed by atoms with E-state index in [0.29, 0.717) is 17.9 Å². The van der Waals surface area contributed by atoms with Crippen molar-refractivity contribution in [3.63, 3.8) is 0 Å². The van der Waals surface area contributed by atoms with Crippen molar-refractivity contribution < 1.29 is 13.2 Å². The molecular weight excluding hydrogens is 255 g/mol. The summed E-state index contributed by atoms with van der Waals surface area (Å²) in [6.45, 7) is 6.80. The lowest BCUT2D eigenvalue weighted by Gasteiger charge is -2.54. The van der Waals surface area contributed by atoms with E-state index < -0.39 is 11.9 Å². The molecule has 2 aliphatic rings. The molecule has 2 heterocycles. The van der Waals surface area contributed by atoms with Gasteiger partial charge in [-0.15, -0.1) is 0 Å². The average molecular weight is 275 g/mol. The monoisotopic (exact) mass is 275 g/mol. The normalized spacial score (nSPS) is 21.3. The van der Waals surface area contributed by atoms with Gasteiger partial charge in [0.15, 0.2) is 5.69 Å². The summed E-state index contributed by atoms with van der Waals surface area (Å²) in [6, 6.07) is 0. The van der Waals surface area contributed by atoms with Crippen molar-refractivity contribution in [1.29, 1.82) is 0 Å². The number of hydrogen-bond acceptors (Lipinski definition) is 2. The van der Waals surface area contributed by atoms with Crippen LogP contribution in [0.15, 0.2) is 12.5 Å². The zero-order chi connectivity index (χ0) is 14.1. The van der Waals surface area contributed by atoms with Crippen LogP contribution in [0.1, 0.15) is 32.4 Å². The summed E-state index contributed by atoms with van der Waals surface area (Å²) >= 11 is 0. The van der Waals surface area contributed by atoms with Gasteiger partial charge in [0, 0.05) is 25.8 Å². The van der Waals surface area contributed by atoms with E-state index in [2.05, 4.69) is 10.3 Å². The Balaban J connectivity index is 0.000000637. The summed E-state index contributed by atoms with van der Waals surface area (Å²) < 4.78 is 38.6. The molecule has 3 rings (SSSR count). The van der Waals surface area contributed by atoms with Crippen LogP contribution in [-0.2, 0) is 12.7 Å². The molecule has 1 aliphatic heterocycles. The Bertz CT molecular complexity index is 413. The highest BCUT2D eigenvalue weighted by Crippen LogP contribution is 2.48. The number of hydrogen-bond donors (Lipinski definition) is 1. The van der Waals surface area contributed by atoms with E-state index in [4.69, 9.17) is 0 Å². The zero-order valence-electron chi connectivity index (χ0n) is 11.3. The molecule has 108 valence electrons. The highest BCUT2D eigenvalue weighted by Gasteiger charge is 2.48. The number of halogens is 3. The van der Waals surface area contributed by atoms with Crippen LogP contribution >= 0.6 is 0 Å². The van der Waals surface area contributed by atoms with Crippen molar-refractivity contribution in [3.05, 3.63) is 18.2 Å². The second kappa shape index (κ2) is 5.15. The van der Waals surface area contributed by atoms with Gasteiger partial charge in [0.2, 0.25) is 0 Å². The molecule has 0 bridgehead atoms. The first-order valence-corrected chi connectivity index (χ1v) is 6.77. The molecule has 0 radical (unpaired) electrons. The third-order valence-electron chi connectivity index (χ3n) is 3.84. The van der Waals surface area contributed by atoms with E-state index in [9.17, 15) is 13.2 Å². The molecule has 6 heteroatoms. The van der Waals surface area contributed by atoms with Gasteiger partial charge in [-0.1, -0.05) is 13.8 Å². The lowest BCUT2D eigenvalue weighted by molar-refractivity contribution is -0.141. The van der Waals surface area contributed by atoms with Gasteiger partial charge in [-0.3, -0.25) is 0 Å². The van der Waals surface area contributed by atoms with Crippen LogP contribution in [-0.4, -0.2) is 22.6 Å². The van der Waals surface area contributed by atoms with Crippen molar-refractivity contribution >= 4 is 0 Å². The Labute approximate surface area is 111 Å². The van der Waals surface area contributed by atoms with Crippen molar-refractivity contribution in [2.75, 3.05) is 13.1 Å². The first kappa shape index (κ1) is 14.4. The maximum absolute atomic E-state index is 12.3. The van der Waals surface area contributed by atoms with Crippen LogP contribution in [0.5, 0.6) is 0 Å². The molecular formula is C13H20F3N3. The van der Waals surface area contributed by atoms with Crippen LogP contribution in [0, 0.1) is 11.3 Å². The van der Waals surface area contributed by atoms with E-state index in [1.807, 2.05) is 13.8 Å². The van der Waals surface area contributed by atoms with Gasteiger partial charge in [-0.25, -0.2) is 4.98 Å². The second-order valence-electron chi connectivity index (χ2n) is 5.33. The van der Waals surface area contributed by atoms with Gasteiger partial charge in [-0.05, 0) is 24.2 Å². The van der Waals surface area contributed by atoms with Crippen LogP contribution in [0.4, 0.5) is 13.2 Å². The topological polar surface area (TPSA) is 29.9 Å². The van der Waals surface area contributed by atoms with Crippen LogP contribution < -0.4 is 5.32 Å². The fraction of sp³-hybridized carbons (Fsp3) is 0.769. The summed E-state index contributed by atoms with van der Waals surface area (Å²) in [5.74, 6) is 0.507. The maximum atomic E-state index is 12.3. The summed E-state index contributed by atoms with van der Waals surface area (Å²) in [4.78, 5) is 3.40. The molecule has 1 saturated carbocycles. The van der Waals surface area contributed by atoms with Crippen molar-refractivity contribution in [2.24, 2.45) is 11.3 Å². The first-order chi connectivity index (χ1) is 8.97. The minimum Gasteiger partial charge on any atom is -0.337 e. The van der Waals surface area contributed by atoms with Crippen LogP contribution in [0.3, 0.4) is 0 Å². The SMILES string of the molecule is CC.FC(F)(F)c1cn(CC2CC3(CNC3)C2)cn1. The van der Waals surface area contributed by atoms with E-state index in [1.165, 1.54) is 6.33 Å². The summed E-state index contributed by atoms with van der Waals surface area (Å²) in [7, 11) is 0. The quantitative estimate of drug-likeness (QED) is 0.899. The van der Waals surface area contributed by atoms with Gasteiger partial charge in [0.25, 0.3) is 0 Å². The molecule has 1 N–H and O–H groups in total. The maximum Gasteiger partial charge on any atom is 0.434 e. The molecule has 0 unspecified atom stereocenters. The number of imidazole rings is 1. The van der Waals surface area contributed by atoms with E-state index in [1.54, 1.807) is 4.57 Å². The smallest absolute Gasteiger partial charge is 0.337 e. The molecule has 19 heavy (non-hydrogen) atoms. The molecule has 1 aromatic rings. The van der Waals surface area contributed by atoms with Gasteiger partial charge in [0.1, 0.15) is 0 Å². The Morgan fingerprint density at radius 2 is 2.00 bits per heavy atom. The van der Waals surface area contributed by atoms with Crippen LogP contribution in [0.2, 0.25) is 0 Å². The Hall–Kier alpha value is -1.04. The fourth-order valence-electron chi connectivity index (χ4n) is 2.97. The number of aromatic nitrogens is 2. The highest BCUT2D eigenvalue weighted by molar-refractivity contribution is 5.05. The first-order valence-electron chi connectivity index (χ1n) is 6.77. The zero-order valence-corrected chi connectivity index (χ0v) is 11.3. The Morgan fingerprint density at radius 1 is 1.37 bits per heavy atom. The summed E-state index contributed by atoms with van der Waals surface area (Å²) in [5.41, 5.74) is -0.324. The number of rotatable bonds is 2. The number of nitrogens with zero attached hydrogens (tertiary/aromatic N) is 2. The van der Waals surface area contributed by atoms with E-state index in [-0.39, 0.29) is 0 Å². The molecule has 2 fully saturated rings. The second-order valence-corrected chi connectivity index (χ2v) is 5.33. The minimum absolute atomic E-state index is 0.470. The predicted molar refractivity (Wildman–Crippen MR) is 66.6 cm³/mol. The summed E-state index contributed by atoms with van der Waals surface area (Å²) in [5, 5.41) is 3.24. The highest BCUT2D eigenvalue weighted by atomic mass is 19.4. The average Bonchev–Trinajstić information content (AvgIpc) is 2.71. The standard InChI is InChI=1S/C11H14F3N3.C2H6/c12-11(13,14)9-4-17(7-16-9)3-8-1-10(2-8)5-15-6-10;1-2/h4,7-8,15H,1-3,5-6H2;1-2H3. The van der Waals surface area contributed by atoms with Gasteiger partial charge >= 0.3 is 6.18 Å². The van der Waals surface area contributed by atoms with E-state index in [0.717, 1.165) is 32.1 Å². The molecule has 1 aromatic heterocycles. The minimum atomic E-state index is -4.33. The van der Waals surface area contributed by atoms with Crippen molar-refractivity contribution in [3.8, 4) is 0 Å². The fourth-order valence-corrected chi connectivity index (χ4v) is 2.97. The largest absolute Gasteiger partial charge is 0.434 e. The number of nitrogens with one attached hydrogen (secondary N) is 1. The van der Waals surface area contributed by atoms with Crippen molar-refractivity contribution in [1.82, 2.24) is 14.9 Å². The predicted octanol–water partition coefficient (Wildman–Crippen LogP) is 2.93. The molecule has 0 aromatic carbocycles. The molecule has 0 amide bonds. The van der Waals surface area contributed by atoms with Gasteiger partial charge in [0.05, 0.1) is 6.33 Å². The van der Waals surface area contributed by atoms with Crippen LogP contribution in [0.25, 0.3) is 0 Å². The molecule has 1 spiro atoms. The Morgan fingerprint density at radius 3 is 2.42 bits per heavy atom. The molecule has 1 saturated heterocycles. The van der Waals surface area contributed by atoms with Gasteiger partial charge in [-0.2, -0.15) is 13.2 Å².